The molecule has 3 heterocycles. The molecule has 1 saturated heterocycles. The van der Waals surface area contributed by atoms with Crippen LogP contribution in [0.3, 0.4) is 0 Å². The van der Waals surface area contributed by atoms with E-state index in [1.807, 2.05) is 0 Å². The fraction of sp³-hybridized carbons (Fsp3) is 0.263. The molecule has 2 atom stereocenters. The maximum Gasteiger partial charge on any atom is 0.311 e. The van der Waals surface area contributed by atoms with Gasteiger partial charge in [0.25, 0.3) is 5.91 Å². The minimum atomic E-state index is -0.515. The Labute approximate surface area is 154 Å². The number of rotatable bonds is 3. The SMILES string of the molecule is COC(=O)[C@H]1CN(C(=O)c2cnn3cccnc23)C[C@@H]1c1ccc(F)cc1. The third-order valence-corrected chi connectivity index (χ3v) is 4.92. The number of carbonyl (C=O) groups is 2. The maximum atomic E-state index is 13.3. The number of hydrogen-bond acceptors (Lipinski definition) is 5. The summed E-state index contributed by atoms with van der Waals surface area (Å²) < 4.78 is 19.7. The zero-order valence-electron chi connectivity index (χ0n) is 14.6. The zero-order valence-corrected chi connectivity index (χ0v) is 14.6. The second-order valence-electron chi connectivity index (χ2n) is 6.44. The number of likely N-dealkylation sites (tertiary alicyclic amines) is 1. The fourth-order valence-electron chi connectivity index (χ4n) is 3.56. The number of methoxy groups -OCH3 is 1. The molecule has 1 fully saturated rings. The van der Waals surface area contributed by atoms with Crippen molar-refractivity contribution < 1.29 is 18.7 Å². The van der Waals surface area contributed by atoms with Gasteiger partial charge in [0.05, 0.1) is 19.2 Å². The number of nitrogens with zero attached hydrogens (tertiary/aromatic N) is 4. The van der Waals surface area contributed by atoms with Gasteiger partial charge in [-0.1, -0.05) is 12.1 Å². The van der Waals surface area contributed by atoms with Crippen LogP contribution in [0.1, 0.15) is 21.8 Å². The molecule has 1 amide bonds. The van der Waals surface area contributed by atoms with Gasteiger partial charge in [-0.05, 0) is 23.8 Å². The van der Waals surface area contributed by atoms with E-state index in [4.69, 9.17) is 4.74 Å². The summed E-state index contributed by atoms with van der Waals surface area (Å²) in [7, 11) is 1.32. The lowest BCUT2D eigenvalue weighted by atomic mass is 9.89. The van der Waals surface area contributed by atoms with Gasteiger partial charge in [-0.25, -0.2) is 13.9 Å². The summed E-state index contributed by atoms with van der Waals surface area (Å²) in [6.45, 7) is 0.548. The summed E-state index contributed by atoms with van der Waals surface area (Å²) in [5, 5.41) is 4.14. The van der Waals surface area contributed by atoms with E-state index in [9.17, 15) is 14.0 Å². The van der Waals surface area contributed by atoms with Crippen molar-refractivity contribution in [3.8, 4) is 0 Å². The number of aromatic nitrogens is 3. The Morgan fingerprint density at radius 2 is 2.00 bits per heavy atom. The van der Waals surface area contributed by atoms with Crippen molar-refractivity contribution in [3.63, 3.8) is 0 Å². The number of ether oxygens (including phenoxy) is 1. The molecular weight excluding hydrogens is 351 g/mol. The molecule has 3 aromatic rings. The summed E-state index contributed by atoms with van der Waals surface area (Å²) in [6, 6.07) is 7.70. The van der Waals surface area contributed by atoms with E-state index < -0.39 is 11.9 Å². The summed E-state index contributed by atoms with van der Waals surface area (Å²) >= 11 is 0. The van der Waals surface area contributed by atoms with Crippen LogP contribution in [0.4, 0.5) is 4.39 Å². The Kier molecular flexibility index (Phi) is 4.31. The number of benzene rings is 1. The second kappa shape index (κ2) is 6.79. The van der Waals surface area contributed by atoms with E-state index in [0.717, 1.165) is 5.56 Å². The average molecular weight is 368 g/mol. The molecule has 0 N–H and O–H groups in total. The molecule has 0 unspecified atom stereocenters. The van der Waals surface area contributed by atoms with E-state index in [-0.39, 0.29) is 24.2 Å². The van der Waals surface area contributed by atoms with Crippen LogP contribution >= 0.6 is 0 Å². The predicted molar refractivity (Wildman–Crippen MR) is 93.5 cm³/mol. The molecular formula is C19H17FN4O3. The van der Waals surface area contributed by atoms with E-state index >= 15 is 0 Å². The molecule has 7 nitrogen and oxygen atoms in total. The van der Waals surface area contributed by atoms with Crippen LogP contribution in [0.2, 0.25) is 0 Å². The van der Waals surface area contributed by atoms with E-state index in [1.54, 1.807) is 35.5 Å². The lowest BCUT2D eigenvalue weighted by Gasteiger charge is -2.16. The normalized spacial score (nSPS) is 19.4. The molecule has 0 radical (unpaired) electrons. The van der Waals surface area contributed by atoms with Crippen LogP contribution in [0.25, 0.3) is 5.65 Å². The fourth-order valence-corrected chi connectivity index (χ4v) is 3.56. The van der Waals surface area contributed by atoms with Crippen LogP contribution < -0.4 is 0 Å². The molecule has 0 bridgehead atoms. The standard InChI is InChI=1S/C19H17FN4O3/c1-27-19(26)16-11-23(10-15(16)12-3-5-13(20)6-4-12)18(25)14-9-22-24-8-2-7-21-17(14)24/h2-9,15-16H,10-11H2,1H3/t15-,16+/m1/s1. The number of hydrogen-bond donors (Lipinski definition) is 0. The van der Waals surface area contributed by atoms with Crippen molar-refractivity contribution in [2.24, 2.45) is 5.92 Å². The highest BCUT2D eigenvalue weighted by Crippen LogP contribution is 2.34. The van der Waals surface area contributed by atoms with Crippen molar-refractivity contribution in [1.29, 1.82) is 0 Å². The molecule has 0 saturated carbocycles. The summed E-state index contributed by atoms with van der Waals surface area (Å²) in [5.74, 6) is -1.77. The highest BCUT2D eigenvalue weighted by molar-refractivity contribution is 6.00. The molecule has 0 aliphatic carbocycles. The second-order valence-corrected chi connectivity index (χ2v) is 6.44. The predicted octanol–water partition coefficient (Wildman–Crippen LogP) is 1.90. The van der Waals surface area contributed by atoms with Gasteiger partial charge in [0.1, 0.15) is 11.4 Å². The van der Waals surface area contributed by atoms with Crippen molar-refractivity contribution >= 4 is 17.5 Å². The quantitative estimate of drug-likeness (QED) is 0.660. The van der Waals surface area contributed by atoms with Gasteiger partial charge in [-0.15, -0.1) is 0 Å². The molecule has 138 valence electrons. The first-order valence-corrected chi connectivity index (χ1v) is 8.49. The van der Waals surface area contributed by atoms with Crippen molar-refractivity contribution in [2.45, 2.75) is 5.92 Å². The number of esters is 1. The Hall–Kier alpha value is -3.29. The van der Waals surface area contributed by atoms with Crippen LogP contribution in [-0.4, -0.2) is 51.6 Å². The van der Waals surface area contributed by atoms with E-state index in [1.165, 1.54) is 30.0 Å². The molecule has 1 aliphatic rings. The first kappa shape index (κ1) is 17.1. The van der Waals surface area contributed by atoms with Crippen LogP contribution in [-0.2, 0) is 9.53 Å². The van der Waals surface area contributed by atoms with Gasteiger partial charge in [0.2, 0.25) is 0 Å². The number of amides is 1. The third kappa shape index (κ3) is 3.03. The van der Waals surface area contributed by atoms with Gasteiger partial charge in [-0.2, -0.15) is 5.10 Å². The molecule has 1 aliphatic heterocycles. The van der Waals surface area contributed by atoms with Crippen molar-refractivity contribution in [3.05, 3.63) is 65.9 Å². The molecule has 4 rings (SSSR count). The third-order valence-electron chi connectivity index (χ3n) is 4.92. The maximum absolute atomic E-state index is 13.3. The average Bonchev–Trinajstić information content (AvgIpc) is 3.32. The monoisotopic (exact) mass is 368 g/mol. The molecule has 8 heteroatoms. The van der Waals surface area contributed by atoms with Gasteiger partial charge >= 0.3 is 5.97 Å². The van der Waals surface area contributed by atoms with E-state index in [2.05, 4.69) is 10.1 Å². The summed E-state index contributed by atoms with van der Waals surface area (Å²) in [4.78, 5) is 31.1. The topological polar surface area (TPSA) is 76.8 Å². The number of carbonyl (C=O) groups excluding carboxylic acids is 2. The Morgan fingerprint density at radius 1 is 1.22 bits per heavy atom. The molecule has 27 heavy (non-hydrogen) atoms. The number of halogens is 1. The molecule has 2 aromatic heterocycles. The summed E-state index contributed by atoms with van der Waals surface area (Å²) in [5.41, 5.74) is 1.63. The van der Waals surface area contributed by atoms with Crippen molar-refractivity contribution in [1.82, 2.24) is 19.5 Å². The molecule has 1 aromatic carbocycles. The largest absolute Gasteiger partial charge is 0.469 e. The van der Waals surface area contributed by atoms with E-state index in [0.29, 0.717) is 17.8 Å². The Balaban J connectivity index is 1.65. The minimum absolute atomic E-state index is 0.220. The van der Waals surface area contributed by atoms with Crippen molar-refractivity contribution in [2.75, 3.05) is 20.2 Å². The highest BCUT2D eigenvalue weighted by atomic mass is 19.1. The van der Waals surface area contributed by atoms with Gasteiger partial charge in [-0.3, -0.25) is 9.59 Å². The minimum Gasteiger partial charge on any atom is -0.469 e. The number of fused-ring (bicyclic) bond motifs is 1. The Morgan fingerprint density at radius 3 is 2.74 bits per heavy atom. The lowest BCUT2D eigenvalue weighted by Crippen LogP contribution is -2.30. The van der Waals surface area contributed by atoms with Gasteiger partial charge in [0.15, 0.2) is 5.65 Å². The Bertz CT molecular complexity index is 1000. The van der Waals surface area contributed by atoms with Crippen LogP contribution in [0.5, 0.6) is 0 Å². The smallest absolute Gasteiger partial charge is 0.311 e. The zero-order chi connectivity index (χ0) is 19.0. The molecule has 0 spiro atoms. The highest BCUT2D eigenvalue weighted by Gasteiger charge is 2.41. The summed E-state index contributed by atoms with van der Waals surface area (Å²) in [6.07, 6.45) is 4.78. The van der Waals surface area contributed by atoms with Gasteiger partial charge in [0, 0.05) is 31.4 Å². The lowest BCUT2D eigenvalue weighted by molar-refractivity contribution is -0.145. The van der Waals surface area contributed by atoms with Crippen LogP contribution in [0, 0.1) is 11.7 Å². The first-order valence-electron chi connectivity index (χ1n) is 8.49. The van der Waals surface area contributed by atoms with Crippen LogP contribution in [0.15, 0.2) is 48.9 Å². The van der Waals surface area contributed by atoms with Gasteiger partial charge < -0.3 is 9.64 Å². The first-order chi connectivity index (χ1) is 13.1.